The molecule has 0 saturated carbocycles. The first-order valence-corrected chi connectivity index (χ1v) is 8.80. The van der Waals surface area contributed by atoms with Crippen LogP contribution in [0.1, 0.15) is 52.9 Å². The van der Waals surface area contributed by atoms with E-state index in [0.717, 1.165) is 54.7 Å². The number of nitrogen functional groups attached to an aromatic ring is 1. The highest BCUT2D eigenvalue weighted by Gasteiger charge is 2.32. The number of anilines is 2. The van der Waals surface area contributed by atoms with Gasteiger partial charge in [0.05, 0.1) is 11.6 Å². The SMILES string of the molecule is Cc1cccc2c1NCC[C@H]2C(=O)n1nc2c(c1N)CCC(C)C2. The summed E-state index contributed by atoms with van der Waals surface area (Å²) < 4.78 is 1.48. The average molecular weight is 324 g/mol. The molecule has 0 radical (unpaired) electrons. The molecule has 0 bridgehead atoms. The molecule has 1 unspecified atom stereocenters. The summed E-state index contributed by atoms with van der Waals surface area (Å²) in [6, 6.07) is 6.13. The molecule has 0 spiro atoms. The molecule has 126 valence electrons. The second-order valence-electron chi connectivity index (χ2n) is 7.22. The van der Waals surface area contributed by atoms with E-state index >= 15 is 0 Å². The summed E-state index contributed by atoms with van der Waals surface area (Å²) in [5, 5.41) is 8.02. The summed E-state index contributed by atoms with van der Waals surface area (Å²) in [5.74, 6) is 0.984. The minimum Gasteiger partial charge on any atom is -0.385 e. The summed E-state index contributed by atoms with van der Waals surface area (Å²) in [6.07, 6.45) is 3.74. The van der Waals surface area contributed by atoms with Gasteiger partial charge in [-0.15, -0.1) is 0 Å². The number of aryl methyl sites for hydroxylation is 1. The van der Waals surface area contributed by atoms with Crippen LogP contribution in [0.25, 0.3) is 0 Å². The van der Waals surface area contributed by atoms with E-state index in [1.807, 2.05) is 12.1 Å². The number of carbonyl (C=O) groups is 1. The summed E-state index contributed by atoms with van der Waals surface area (Å²) in [5.41, 5.74) is 11.7. The van der Waals surface area contributed by atoms with Crippen molar-refractivity contribution in [2.45, 2.75) is 45.4 Å². The number of nitrogens with one attached hydrogen (secondary N) is 1. The van der Waals surface area contributed by atoms with Crippen LogP contribution in [0.2, 0.25) is 0 Å². The van der Waals surface area contributed by atoms with Gasteiger partial charge in [-0.1, -0.05) is 25.1 Å². The second-order valence-corrected chi connectivity index (χ2v) is 7.22. The van der Waals surface area contributed by atoms with Gasteiger partial charge in [0.15, 0.2) is 0 Å². The summed E-state index contributed by atoms with van der Waals surface area (Å²) >= 11 is 0. The first-order valence-electron chi connectivity index (χ1n) is 8.80. The normalized spacial score (nSPS) is 22.4. The Morgan fingerprint density at radius 3 is 3.04 bits per heavy atom. The highest BCUT2D eigenvalue weighted by molar-refractivity contribution is 5.90. The van der Waals surface area contributed by atoms with E-state index in [1.165, 1.54) is 10.2 Å². The number of hydrogen-bond donors (Lipinski definition) is 2. The molecule has 5 heteroatoms. The fraction of sp³-hybridized carbons (Fsp3) is 0.474. The highest BCUT2D eigenvalue weighted by atomic mass is 16.2. The molecular formula is C19H24N4O. The van der Waals surface area contributed by atoms with Crippen LogP contribution in [0.5, 0.6) is 0 Å². The predicted octanol–water partition coefficient (Wildman–Crippen LogP) is 3.14. The van der Waals surface area contributed by atoms with Crippen molar-refractivity contribution in [1.82, 2.24) is 9.78 Å². The number of carbonyl (C=O) groups excluding carboxylic acids is 1. The molecule has 1 aromatic carbocycles. The minimum atomic E-state index is -0.178. The quantitative estimate of drug-likeness (QED) is 0.845. The summed E-state index contributed by atoms with van der Waals surface area (Å²) in [6.45, 7) is 5.10. The summed E-state index contributed by atoms with van der Waals surface area (Å²) in [4.78, 5) is 13.2. The molecule has 1 aliphatic heterocycles. The van der Waals surface area contributed by atoms with Crippen LogP contribution in [0.15, 0.2) is 18.2 Å². The van der Waals surface area contributed by atoms with Crippen LogP contribution < -0.4 is 11.1 Å². The van der Waals surface area contributed by atoms with Gasteiger partial charge in [-0.25, -0.2) is 0 Å². The van der Waals surface area contributed by atoms with Crippen LogP contribution in [0.4, 0.5) is 11.5 Å². The van der Waals surface area contributed by atoms with Crippen molar-refractivity contribution in [3.63, 3.8) is 0 Å². The molecule has 1 aliphatic carbocycles. The van der Waals surface area contributed by atoms with E-state index in [0.29, 0.717) is 11.7 Å². The fourth-order valence-electron chi connectivity index (χ4n) is 4.06. The Morgan fingerprint density at radius 2 is 2.21 bits per heavy atom. The van der Waals surface area contributed by atoms with Gasteiger partial charge in [0.1, 0.15) is 5.82 Å². The lowest BCUT2D eigenvalue weighted by Crippen LogP contribution is -2.28. The van der Waals surface area contributed by atoms with E-state index in [2.05, 4.69) is 30.3 Å². The Morgan fingerprint density at radius 1 is 1.38 bits per heavy atom. The van der Waals surface area contributed by atoms with Gasteiger partial charge in [-0.3, -0.25) is 4.79 Å². The van der Waals surface area contributed by atoms with Crippen molar-refractivity contribution in [3.8, 4) is 0 Å². The van der Waals surface area contributed by atoms with E-state index in [-0.39, 0.29) is 11.8 Å². The molecule has 1 aromatic heterocycles. The zero-order chi connectivity index (χ0) is 16.8. The molecule has 2 aromatic rings. The molecule has 0 saturated heterocycles. The molecule has 5 nitrogen and oxygen atoms in total. The Kier molecular flexibility index (Phi) is 3.59. The number of nitrogens with zero attached hydrogens (tertiary/aromatic N) is 2. The lowest BCUT2D eigenvalue weighted by Gasteiger charge is -2.27. The molecule has 24 heavy (non-hydrogen) atoms. The van der Waals surface area contributed by atoms with Crippen molar-refractivity contribution in [1.29, 1.82) is 0 Å². The zero-order valence-electron chi connectivity index (χ0n) is 14.3. The van der Waals surface area contributed by atoms with E-state index in [1.54, 1.807) is 0 Å². The lowest BCUT2D eigenvalue weighted by molar-refractivity contribution is 0.0859. The van der Waals surface area contributed by atoms with Gasteiger partial charge in [0.2, 0.25) is 0 Å². The molecule has 3 N–H and O–H groups in total. The van der Waals surface area contributed by atoms with Gasteiger partial charge in [-0.05, 0) is 49.7 Å². The maximum absolute atomic E-state index is 13.2. The Hall–Kier alpha value is -2.30. The maximum Gasteiger partial charge on any atom is 0.256 e. The van der Waals surface area contributed by atoms with E-state index in [9.17, 15) is 4.79 Å². The Balaban J connectivity index is 1.73. The molecular weight excluding hydrogens is 300 g/mol. The van der Waals surface area contributed by atoms with Crippen LogP contribution in [-0.4, -0.2) is 22.2 Å². The zero-order valence-corrected chi connectivity index (χ0v) is 14.3. The maximum atomic E-state index is 13.2. The number of aromatic nitrogens is 2. The lowest BCUT2D eigenvalue weighted by atomic mass is 9.88. The van der Waals surface area contributed by atoms with Gasteiger partial charge in [0, 0.05) is 17.8 Å². The molecule has 2 aliphatic rings. The second kappa shape index (κ2) is 5.65. The standard InChI is InChI=1S/C19H24N4O/c1-11-6-7-15-16(10-11)22-23(18(15)20)19(24)14-8-9-21-17-12(2)4-3-5-13(14)17/h3-5,11,14,21H,6-10,20H2,1-2H3/t11?,14-/m1/s1. The van der Waals surface area contributed by atoms with E-state index < -0.39 is 0 Å². The van der Waals surface area contributed by atoms with Gasteiger partial charge in [0.25, 0.3) is 5.91 Å². The van der Waals surface area contributed by atoms with Crippen molar-refractivity contribution in [3.05, 3.63) is 40.6 Å². The van der Waals surface area contributed by atoms with Crippen LogP contribution in [0, 0.1) is 12.8 Å². The summed E-state index contributed by atoms with van der Waals surface area (Å²) in [7, 11) is 0. The fourth-order valence-corrected chi connectivity index (χ4v) is 4.06. The molecule has 2 heterocycles. The molecule has 4 rings (SSSR count). The van der Waals surface area contributed by atoms with Crippen molar-refractivity contribution < 1.29 is 4.79 Å². The average Bonchev–Trinajstić information content (AvgIpc) is 2.90. The van der Waals surface area contributed by atoms with Gasteiger partial charge in [-0.2, -0.15) is 9.78 Å². The molecule has 2 atom stereocenters. The highest BCUT2D eigenvalue weighted by Crippen LogP contribution is 2.36. The predicted molar refractivity (Wildman–Crippen MR) is 95.5 cm³/mol. The number of para-hydroxylation sites is 1. The topological polar surface area (TPSA) is 72.9 Å². The Bertz CT molecular complexity index is 808. The number of fused-ring (bicyclic) bond motifs is 2. The first-order chi connectivity index (χ1) is 11.6. The third kappa shape index (κ3) is 2.30. The number of nitrogens with two attached hydrogens (primary N) is 1. The number of hydrogen-bond acceptors (Lipinski definition) is 4. The molecule has 0 fully saturated rings. The monoisotopic (exact) mass is 324 g/mol. The smallest absolute Gasteiger partial charge is 0.256 e. The van der Waals surface area contributed by atoms with Crippen LogP contribution in [-0.2, 0) is 12.8 Å². The van der Waals surface area contributed by atoms with Crippen molar-refractivity contribution in [2.24, 2.45) is 5.92 Å². The van der Waals surface area contributed by atoms with E-state index in [4.69, 9.17) is 5.73 Å². The minimum absolute atomic E-state index is 0.00269. The number of benzene rings is 1. The van der Waals surface area contributed by atoms with Gasteiger partial charge < -0.3 is 11.1 Å². The first kappa shape index (κ1) is 15.2. The Labute approximate surface area is 142 Å². The van der Waals surface area contributed by atoms with Crippen molar-refractivity contribution in [2.75, 3.05) is 17.6 Å². The molecule has 0 amide bonds. The third-order valence-electron chi connectivity index (χ3n) is 5.46. The van der Waals surface area contributed by atoms with Gasteiger partial charge >= 0.3 is 0 Å². The number of rotatable bonds is 1. The van der Waals surface area contributed by atoms with Crippen LogP contribution in [0.3, 0.4) is 0 Å². The van der Waals surface area contributed by atoms with Crippen LogP contribution >= 0.6 is 0 Å². The largest absolute Gasteiger partial charge is 0.385 e. The van der Waals surface area contributed by atoms with Crippen molar-refractivity contribution >= 4 is 17.4 Å². The third-order valence-corrected chi connectivity index (χ3v) is 5.46.